The highest BCUT2D eigenvalue weighted by molar-refractivity contribution is 7.25. The summed E-state index contributed by atoms with van der Waals surface area (Å²) in [5, 5.41) is 25.9. The van der Waals surface area contributed by atoms with Crippen LogP contribution < -0.4 is 0 Å². The zero-order valence-electron chi connectivity index (χ0n) is 5.49. The van der Waals surface area contributed by atoms with Crippen LogP contribution in [0.2, 0.25) is 0 Å². The third-order valence-electron chi connectivity index (χ3n) is 0.935. The van der Waals surface area contributed by atoms with Gasteiger partial charge in [-0.05, 0) is 0 Å². The van der Waals surface area contributed by atoms with Gasteiger partial charge in [0, 0.05) is 0 Å². The minimum absolute atomic E-state index is 0.837. The maximum Gasteiger partial charge on any atom is 0.340 e. The van der Waals surface area contributed by atoms with Gasteiger partial charge < -0.3 is 19.9 Å². The second-order valence-electron chi connectivity index (χ2n) is 1.78. The molecule has 12 heavy (non-hydrogen) atoms. The summed E-state index contributed by atoms with van der Waals surface area (Å²) in [6.07, 6.45) is 0. The van der Waals surface area contributed by atoms with Crippen LogP contribution in [0.25, 0.3) is 0 Å². The fraction of sp³-hybridized carbons (Fsp3) is 0.250. The molecule has 0 saturated heterocycles. The van der Waals surface area contributed by atoms with Crippen molar-refractivity contribution >= 4 is 37.6 Å². The number of hydrogen-bond acceptors (Lipinski definition) is 4. The molecule has 1 unspecified atom stereocenters. The van der Waals surface area contributed by atoms with Crippen LogP contribution in [0.15, 0.2) is 10.1 Å². The molecule has 0 aromatic rings. The first kappa shape index (κ1) is 11.9. The van der Waals surface area contributed by atoms with Gasteiger partial charge >= 0.3 is 5.97 Å². The zero-order valence-corrected chi connectivity index (χ0v) is 8.16. The van der Waals surface area contributed by atoms with Gasteiger partial charge in [-0.3, -0.25) is 0 Å². The monoisotopic (exact) mass is 234 g/mol. The first-order valence-corrected chi connectivity index (χ1v) is 4.33. The molecule has 5 nitrogen and oxygen atoms in total. The Morgan fingerprint density at radius 2 is 1.75 bits per heavy atom. The Morgan fingerprint density at radius 3 is 1.83 bits per heavy atom. The highest BCUT2D eigenvalue weighted by Crippen LogP contribution is 2.31. The Bertz CT molecular complexity index is 244. The van der Waals surface area contributed by atoms with Gasteiger partial charge in [0.05, 0.1) is 0 Å². The highest BCUT2D eigenvalue weighted by Gasteiger charge is 2.35. The van der Waals surface area contributed by atoms with Crippen molar-refractivity contribution < 1.29 is 24.7 Å². The topological polar surface area (TPSA) is 94.8 Å². The average Bonchev–Trinajstić information content (AvgIpc) is 1.84. The van der Waals surface area contributed by atoms with Crippen LogP contribution in [-0.4, -0.2) is 26.8 Å². The largest absolute Gasteiger partial charge is 0.478 e. The van der Waals surface area contributed by atoms with E-state index in [0.717, 1.165) is 0 Å². The lowest BCUT2D eigenvalue weighted by atomic mass is 10.3. The smallest absolute Gasteiger partial charge is 0.340 e. The Kier molecular flexibility index (Phi) is 4.23. The molecule has 0 aromatic heterocycles. The van der Waals surface area contributed by atoms with Crippen LogP contribution in [0, 0.1) is 0 Å². The summed E-state index contributed by atoms with van der Waals surface area (Å²) in [5.74, 6) is -1.73. The number of carboxylic acid groups (broad SMARTS) is 1. The van der Waals surface area contributed by atoms with E-state index in [1.54, 1.807) is 0 Å². The molecule has 70 valence electrons. The summed E-state index contributed by atoms with van der Waals surface area (Å²) >= 11 is 10.0. The van der Waals surface area contributed by atoms with E-state index in [-0.39, 0.29) is 0 Å². The zero-order chi connectivity index (χ0) is 9.94. The van der Waals surface area contributed by atoms with Gasteiger partial charge in [-0.15, -0.1) is 0 Å². The van der Waals surface area contributed by atoms with E-state index in [1.807, 2.05) is 0 Å². The molecule has 0 fully saturated rings. The standard InChI is InChI=1S/C4H5Cl2O5P/c5-2(6)1(3(7)8)4(9,10)12-11/h9-10H,12H2,(H,7,8). The molecule has 0 rings (SSSR count). The molecule has 0 amide bonds. The number of aliphatic hydroxyl groups is 2. The molecule has 0 spiro atoms. The van der Waals surface area contributed by atoms with E-state index < -0.39 is 30.0 Å². The molecule has 3 N–H and O–H groups in total. The minimum atomic E-state index is -2.95. The summed E-state index contributed by atoms with van der Waals surface area (Å²) < 4.78 is 9.33. The Balaban J connectivity index is 5.18. The van der Waals surface area contributed by atoms with Crippen molar-refractivity contribution in [3.05, 3.63) is 10.1 Å². The highest BCUT2D eigenvalue weighted by atomic mass is 35.5. The van der Waals surface area contributed by atoms with Crippen molar-refractivity contribution in [3.63, 3.8) is 0 Å². The van der Waals surface area contributed by atoms with E-state index in [4.69, 9.17) is 38.5 Å². The first-order chi connectivity index (χ1) is 5.33. The molecule has 0 saturated carbocycles. The van der Waals surface area contributed by atoms with Crippen molar-refractivity contribution in [2.45, 2.75) is 5.53 Å². The fourth-order valence-corrected chi connectivity index (χ4v) is 1.44. The summed E-state index contributed by atoms with van der Waals surface area (Å²) in [4.78, 5) is 10.3. The van der Waals surface area contributed by atoms with Gasteiger partial charge in [0.15, 0.2) is 0 Å². The van der Waals surface area contributed by atoms with Gasteiger partial charge in [0.25, 0.3) is 0 Å². The van der Waals surface area contributed by atoms with Crippen molar-refractivity contribution in [3.8, 4) is 0 Å². The van der Waals surface area contributed by atoms with Crippen LogP contribution in [0.1, 0.15) is 0 Å². The number of carbonyl (C=O) groups is 1. The van der Waals surface area contributed by atoms with Crippen LogP contribution in [-0.2, 0) is 9.36 Å². The van der Waals surface area contributed by atoms with Gasteiger partial charge in [-0.1, -0.05) is 23.2 Å². The Labute approximate surface area is 78.4 Å². The number of aliphatic carboxylic acids is 1. The number of carboxylic acids is 1. The average molecular weight is 235 g/mol. The normalized spacial score (nSPS) is 12.0. The summed E-state index contributed by atoms with van der Waals surface area (Å²) in [5.41, 5.74) is -4.04. The summed E-state index contributed by atoms with van der Waals surface area (Å²) in [7, 11) is -2.17. The van der Waals surface area contributed by atoms with E-state index in [2.05, 4.69) is 0 Å². The summed E-state index contributed by atoms with van der Waals surface area (Å²) in [6.45, 7) is 0. The molecule has 0 aliphatic carbocycles. The molecule has 0 aliphatic heterocycles. The van der Waals surface area contributed by atoms with E-state index >= 15 is 0 Å². The second-order valence-corrected chi connectivity index (χ2v) is 3.77. The summed E-state index contributed by atoms with van der Waals surface area (Å²) in [6, 6.07) is 0. The van der Waals surface area contributed by atoms with Gasteiger partial charge in [-0.25, -0.2) is 4.79 Å². The van der Waals surface area contributed by atoms with Crippen molar-refractivity contribution in [1.82, 2.24) is 0 Å². The second kappa shape index (κ2) is 4.25. The molecule has 0 bridgehead atoms. The van der Waals surface area contributed by atoms with Crippen LogP contribution in [0.4, 0.5) is 0 Å². The number of hydrogen-bond donors (Lipinski definition) is 3. The van der Waals surface area contributed by atoms with E-state index in [1.165, 1.54) is 0 Å². The van der Waals surface area contributed by atoms with E-state index in [0.29, 0.717) is 0 Å². The molecule has 0 aliphatic rings. The molecule has 0 radical (unpaired) electrons. The van der Waals surface area contributed by atoms with E-state index in [9.17, 15) is 9.36 Å². The minimum Gasteiger partial charge on any atom is -0.478 e. The Morgan fingerprint density at radius 1 is 1.33 bits per heavy atom. The third-order valence-corrected chi connectivity index (χ3v) is 1.93. The van der Waals surface area contributed by atoms with Gasteiger partial charge in [-0.2, -0.15) is 0 Å². The maximum atomic E-state index is 10.3. The SMILES string of the molecule is O=[PH2]C(O)(O)C(C(=O)O)=C(Cl)Cl. The lowest BCUT2D eigenvalue weighted by molar-refractivity contribution is -0.138. The molecule has 0 aromatic carbocycles. The predicted molar refractivity (Wildman–Crippen MR) is 43.9 cm³/mol. The molecule has 1 atom stereocenters. The fourth-order valence-electron chi connectivity index (χ4n) is 0.436. The third kappa shape index (κ3) is 2.77. The lowest BCUT2D eigenvalue weighted by Gasteiger charge is -2.15. The van der Waals surface area contributed by atoms with Crippen LogP contribution in [0.3, 0.4) is 0 Å². The molecule has 0 heterocycles. The van der Waals surface area contributed by atoms with Crippen molar-refractivity contribution in [1.29, 1.82) is 0 Å². The first-order valence-electron chi connectivity index (χ1n) is 2.53. The number of rotatable bonds is 3. The number of halogens is 2. The predicted octanol–water partition coefficient (Wildman–Crippen LogP) is 0.155. The van der Waals surface area contributed by atoms with Gasteiger partial charge in [0.2, 0.25) is 5.53 Å². The molecular weight excluding hydrogens is 230 g/mol. The van der Waals surface area contributed by atoms with Crippen LogP contribution >= 0.6 is 31.7 Å². The van der Waals surface area contributed by atoms with Crippen molar-refractivity contribution in [2.75, 3.05) is 0 Å². The maximum absolute atomic E-state index is 10.3. The quantitative estimate of drug-likeness (QED) is 0.367. The lowest BCUT2D eigenvalue weighted by Crippen LogP contribution is -2.28. The van der Waals surface area contributed by atoms with Gasteiger partial charge in [0.1, 0.15) is 18.5 Å². The molecular formula is C4H5Cl2O5P. The molecule has 8 heteroatoms. The van der Waals surface area contributed by atoms with Crippen LogP contribution in [0.5, 0.6) is 0 Å². The van der Waals surface area contributed by atoms with Crippen molar-refractivity contribution in [2.24, 2.45) is 0 Å². The Hall–Kier alpha value is -0.0600.